The zero-order valence-electron chi connectivity index (χ0n) is 13.3. The Labute approximate surface area is 154 Å². The number of carbonyl (C=O) groups is 1. The van der Waals surface area contributed by atoms with Crippen molar-refractivity contribution >= 4 is 33.3 Å². The van der Waals surface area contributed by atoms with Gasteiger partial charge >= 0.3 is 5.97 Å². The lowest BCUT2D eigenvalue weighted by molar-refractivity contribution is -0.387. The molecule has 2 aromatic carbocycles. The van der Waals surface area contributed by atoms with Crippen LogP contribution in [0.1, 0.15) is 5.56 Å². The molecule has 0 aliphatic carbocycles. The number of carboxylic acid groups (broad SMARTS) is 1. The van der Waals surface area contributed by atoms with E-state index in [9.17, 15) is 28.4 Å². The molecule has 0 saturated carbocycles. The van der Waals surface area contributed by atoms with Crippen molar-refractivity contribution in [3.8, 4) is 0 Å². The van der Waals surface area contributed by atoms with E-state index in [1.165, 1.54) is 12.1 Å². The highest BCUT2D eigenvalue weighted by Gasteiger charge is 2.27. The molecule has 0 spiro atoms. The quantitative estimate of drug-likeness (QED) is 0.519. The van der Waals surface area contributed by atoms with Crippen molar-refractivity contribution in [3.63, 3.8) is 0 Å². The van der Waals surface area contributed by atoms with Crippen molar-refractivity contribution in [2.24, 2.45) is 5.92 Å². The summed E-state index contributed by atoms with van der Waals surface area (Å²) in [5.74, 6) is -2.24. The largest absolute Gasteiger partial charge is 0.481 e. The van der Waals surface area contributed by atoms with Crippen molar-refractivity contribution in [1.29, 1.82) is 0 Å². The van der Waals surface area contributed by atoms with Crippen molar-refractivity contribution < 1.29 is 23.2 Å². The highest BCUT2D eigenvalue weighted by Crippen LogP contribution is 2.23. The lowest BCUT2D eigenvalue weighted by Crippen LogP contribution is -2.34. The number of nitro benzene ring substituents is 1. The fourth-order valence-corrected chi connectivity index (χ4v) is 3.65. The van der Waals surface area contributed by atoms with Crippen molar-refractivity contribution in [3.05, 3.63) is 69.2 Å². The maximum absolute atomic E-state index is 12.4. The molecule has 0 aromatic heterocycles. The van der Waals surface area contributed by atoms with E-state index in [0.717, 1.165) is 12.1 Å². The van der Waals surface area contributed by atoms with E-state index < -0.39 is 44.0 Å². The Morgan fingerprint density at radius 1 is 1.19 bits per heavy atom. The van der Waals surface area contributed by atoms with Crippen LogP contribution in [0.4, 0.5) is 5.69 Å². The third kappa shape index (κ3) is 5.01. The molecule has 1 unspecified atom stereocenters. The summed E-state index contributed by atoms with van der Waals surface area (Å²) in [5, 5.41) is 20.8. The smallest absolute Gasteiger partial charge is 0.308 e. The lowest BCUT2D eigenvalue weighted by Gasteiger charge is -2.14. The number of nitrogens with zero attached hydrogens (tertiary/aromatic N) is 1. The van der Waals surface area contributed by atoms with E-state index in [1.54, 1.807) is 24.3 Å². The molecule has 0 aliphatic heterocycles. The number of nitro groups is 1. The van der Waals surface area contributed by atoms with E-state index in [4.69, 9.17) is 11.6 Å². The first-order valence-corrected chi connectivity index (χ1v) is 9.27. The van der Waals surface area contributed by atoms with Gasteiger partial charge in [-0.3, -0.25) is 14.9 Å². The molecule has 2 N–H and O–H groups in total. The van der Waals surface area contributed by atoms with Gasteiger partial charge in [-0.15, -0.1) is 0 Å². The monoisotopic (exact) mass is 398 g/mol. The van der Waals surface area contributed by atoms with Crippen LogP contribution in [0, 0.1) is 16.0 Å². The van der Waals surface area contributed by atoms with Gasteiger partial charge in [-0.2, -0.15) is 0 Å². The van der Waals surface area contributed by atoms with Gasteiger partial charge in [-0.1, -0.05) is 35.9 Å². The summed E-state index contributed by atoms with van der Waals surface area (Å²) in [7, 11) is -4.24. The Kier molecular flexibility index (Phi) is 6.30. The van der Waals surface area contributed by atoms with Crippen LogP contribution in [-0.4, -0.2) is 31.0 Å². The van der Waals surface area contributed by atoms with Gasteiger partial charge in [0.1, 0.15) is 0 Å². The van der Waals surface area contributed by atoms with Crippen LogP contribution in [-0.2, 0) is 21.2 Å². The number of sulfonamides is 1. The standard InChI is InChI=1S/C16H15ClN2O6S/c17-13-7-5-11(6-8-13)9-12(16(20)21)10-18-26(24,25)15-4-2-1-3-14(15)19(22)23/h1-8,12,18H,9-10H2,(H,20,21). The van der Waals surface area contributed by atoms with E-state index in [2.05, 4.69) is 4.72 Å². The number of para-hydroxylation sites is 1. The Morgan fingerprint density at radius 3 is 2.38 bits per heavy atom. The maximum atomic E-state index is 12.4. The summed E-state index contributed by atoms with van der Waals surface area (Å²) in [6.45, 7) is -0.410. The summed E-state index contributed by atoms with van der Waals surface area (Å²) in [5.41, 5.74) is 0.0938. The van der Waals surface area contributed by atoms with Gasteiger partial charge in [-0.05, 0) is 30.2 Å². The number of nitrogens with one attached hydrogen (secondary N) is 1. The first kappa shape index (κ1) is 19.8. The molecular weight excluding hydrogens is 384 g/mol. The number of hydrogen-bond acceptors (Lipinski definition) is 5. The maximum Gasteiger partial charge on any atom is 0.308 e. The molecular formula is C16H15ClN2O6S. The molecule has 138 valence electrons. The minimum Gasteiger partial charge on any atom is -0.481 e. The molecule has 0 amide bonds. The Hall–Kier alpha value is -2.49. The zero-order chi connectivity index (χ0) is 19.3. The SMILES string of the molecule is O=C(O)C(CNS(=O)(=O)c1ccccc1[N+](=O)[O-])Cc1ccc(Cl)cc1. The summed E-state index contributed by atoms with van der Waals surface area (Å²) in [4.78, 5) is 21.1. The highest BCUT2D eigenvalue weighted by atomic mass is 35.5. The van der Waals surface area contributed by atoms with Gasteiger partial charge in [0, 0.05) is 17.6 Å². The van der Waals surface area contributed by atoms with E-state index in [1.807, 2.05) is 0 Å². The molecule has 1 atom stereocenters. The predicted molar refractivity (Wildman–Crippen MR) is 94.6 cm³/mol. The van der Waals surface area contributed by atoms with Crippen LogP contribution in [0.2, 0.25) is 5.02 Å². The average Bonchev–Trinajstić information content (AvgIpc) is 2.60. The van der Waals surface area contributed by atoms with E-state index >= 15 is 0 Å². The number of benzene rings is 2. The zero-order valence-corrected chi connectivity index (χ0v) is 14.9. The number of rotatable bonds is 8. The molecule has 2 aromatic rings. The third-order valence-electron chi connectivity index (χ3n) is 3.62. The molecule has 0 fully saturated rings. The van der Waals surface area contributed by atoms with Gasteiger partial charge in [0.15, 0.2) is 4.90 Å². The third-order valence-corrected chi connectivity index (χ3v) is 5.34. The number of carboxylic acids is 1. The summed E-state index contributed by atoms with van der Waals surface area (Å²) < 4.78 is 26.9. The van der Waals surface area contributed by atoms with Gasteiger partial charge < -0.3 is 5.11 Å². The second-order valence-electron chi connectivity index (χ2n) is 5.44. The lowest BCUT2D eigenvalue weighted by atomic mass is 10.00. The molecule has 0 saturated heterocycles. The summed E-state index contributed by atoms with van der Waals surface area (Å²) in [6.07, 6.45) is 0.0753. The molecule has 0 heterocycles. The minimum absolute atomic E-state index is 0.0753. The average molecular weight is 399 g/mol. The molecule has 0 radical (unpaired) electrons. The van der Waals surface area contributed by atoms with Crippen molar-refractivity contribution in [2.45, 2.75) is 11.3 Å². The first-order chi connectivity index (χ1) is 12.2. The molecule has 0 aliphatic rings. The first-order valence-electron chi connectivity index (χ1n) is 7.41. The van der Waals surface area contributed by atoms with Gasteiger partial charge in [-0.25, -0.2) is 13.1 Å². The Bertz CT molecular complexity index is 915. The van der Waals surface area contributed by atoms with Gasteiger partial charge in [0.05, 0.1) is 10.8 Å². The Morgan fingerprint density at radius 2 is 1.81 bits per heavy atom. The fourth-order valence-electron chi connectivity index (χ4n) is 2.28. The molecule has 26 heavy (non-hydrogen) atoms. The van der Waals surface area contributed by atoms with Gasteiger partial charge in [0.2, 0.25) is 10.0 Å². The van der Waals surface area contributed by atoms with Crippen LogP contribution in [0.3, 0.4) is 0 Å². The second-order valence-corrected chi connectivity index (χ2v) is 7.61. The summed E-state index contributed by atoms with van der Waals surface area (Å²) >= 11 is 5.78. The highest BCUT2D eigenvalue weighted by molar-refractivity contribution is 7.89. The normalized spacial score (nSPS) is 12.5. The predicted octanol–water partition coefficient (Wildman–Crippen LogP) is 2.47. The number of aliphatic carboxylic acids is 1. The van der Waals surface area contributed by atoms with Gasteiger partial charge in [0.25, 0.3) is 5.69 Å². The van der Waals surface area contributed by atoms with Crippen molar-refractivity contribution in [2.75, 3.05) is 6.54 Å². The molecule has 0 bridgehead atoms. The molecule has 2 rings (SSSR count). The fraction of sp³-hybridized carbons (Fsp3) is 0.188. The van der Waals surface area contributed by atoms with Crippen LogP contribution in [0.5, 0.6) is 0 Å². The number of halogens is 1. The minimum atomic E-state index is -4.24. The Balaban J connectivity index is 2.16. The molecule has 8 nitrogen and oxygen atoms in total. The van der Waals surface area contributed by atoms with E-state index in [0.29, 0.717) is 10.6 Å². The molecule has 10 heteroatoms. The van der Waals surface area contributed by atoms with Crippen LogP contribution in [0.25, 0.3) is 0 Å². The van der Waals surface area contributed by atoms with Crippen molar-refractivity contribution in [1.82, 2.24) is 4.72 Å². The second kappa shape index (κ2) is 8.26. The summed E-state index contributed by atoms with van der Waals surface area (Å²) in [6, 6.07) is 11.4. The number of hydrogen-bond donors (Lipinski definition) is 2. The van der Waals surface area contributed by atoms with Crippen LogP contribution < -0.4 is 4.72 Å². The van der Waals surface area contributed by atoms with Crippen LogP contribution >= 0.6 is 11.6 Å². The van der Waals surface area contributed by atoms with E-state index in [-0.39, 0.29) is 6.42 Å². The topological polar surface area (TPSA) is 127 Å². The van der Waals surface area contributed by atoms with Crippen LogP contribution in [0.15, 0.2) is 53.4 Å².